The van der Waals surface area contributed by atoms with E-state index in [4.69, 9.17) is 11.6 Å². The fourth-order valence-corrected chi connectivity index (χ4v) is 2.16. The number of carbonyl (C=O) groups excluding carboxylic acids is 1. The van der Waals surface area contributed by atoms with Crippen LogP contribution in [0.5, 0.6) is 0 Å². The Morgan fingerprint density at radius 2 is 2.22 bits per heavy atom. The summed E-state index contributed by atoms with van der Waals surface area (Å²) in [5.74, 6) is -0.481. The van der Waals surface area contributed by atoms with Crippen molar-refractivity contribution in [2.45, 2.75) is 6.92 Å². The first-order valence-electron chi connectivity index (χ1n) is 5.14. The van der Waals surface area contributed by atoms with Gasteiger partial charge >= 0.3 is 5.97 Å². The molecule has 0 fully saturated rings. The van der Waals surface area contributed by atoms with Gasteiger partial charge in [0.2, 0.25) is 0 Å². The molecule has 94 valence electrons. The number of aromatic nitrogens is 2. The molecule has 2 rings (SSSR count). The molecule has 0 atom stereocenters. The van der Waals surface area contributed by atoms with Gasteiger partial charge < -0.3 is 4.74 Å². The Bertz CT molecular complexity index is 610. The Morgan fingerprint density at radius 3 is 2.83 bits per heavy atom. The van der Waals surface area contributed by atoms with Crippen LogP contribution in [0.1, 0.15) is 16.2 Å². The van der Waals surface area contributed by atoms with Gasteiger partial charge in [0.25, 0.3) is 0 Å². The van der Waals surface area contributed by atoms with Crippen LogP contribution in [0.25, 0.3) is 5.69 Å². The van der Waals surface area contributed by atoms with E-state index in [0.717, 1.165) is 11.4 Å². The number of nitrogens with zero attached hydrogens (tertiary/aromatic N) is 2. The molecule has 0 aliphatic heterocycles. The minimum absolute atomic E-state index is 0.245. The standard InChI is InChI=1S/C12H10BrClN2O2/c1-7-10(13)11(12(17)18-2)15-16(7)9-5-3-4-8(14)6-9/h3-6H,1-2H3. The van der Waals surface area contributed by atoms with Crippen LogP contribution in [0.4, 0.5) is 0 Å². The summed E-state index contributed by atoms with van der Waals surface area (Å²) < 4.78 is 6.94. The lowest BCUT2D eigenvalue weighted by atomic mass is 10.3. The molecule has 2 aromatic rings. The molecule has 0 aliphatic carbocycles. The molecule has 1 heterocycles. The predicted molar refractivity (Wildman–Crippen MR) is 72.4 cm³/mol. The molecule has 0 radical (unpaired) electrons. The number of benzene rings is 1. The molecule has 4 nitrogen and oxygen atoms in total. The van der Waals surface area contributed by atoms with Crippen LogP contribution in [0.3, 0.4) is 0 Å². The summed E-state index contributed by atoms with van der Waals surface area (Å²) in [6.07, 6.45) is 0. The highest BCUT2D eigenvalue weighted by Gasteiger charge is 2.20. The number of carbonyl (C=O) groups is 1. The molecule has 0 amide bonds. The summed E-state index contributed by atoms with van der Waals surface area (Å²) in [6.45, 7) is 1.85. The van der Waals surface area contributed by atoms with Crippen molar-refractivity contribution in [1.29, 1.82) is 0 Å². The van der Waals surface area contributed by atoms with Gasteiger partial charge in [0.05, 0.1) is 23.0 Å². The van der Waals surface area contributed by atoms with Gasteiger partial charge in [-0.3, -0.25) is 0 Å². The second-order valence-corrected chi connectivity index (χ2v) is 4.86. The Labute approximate surface area is 118 Å². The van der Waals surface area contributed by atoms with E-state index in [1.807, 2.05) is 19.1 Å². The van der Waals surface area contributed by atoms with Gasteiger partial charge in [0, 0.05) is 5.02 Å². The van der Waals surface area contributed by atoms with Crippen LogP contribution in [0.15, 0.2) is 28.7 Å². The highest BCUT2D eigenvalue weighted by atomic mass is 79.9. The first-order valence-corrected chi connectivity index (χ1v) is 6.31. The fourth-order valence-electron chi connectivity index (χ4n) is 1.57. The van der Waals surface area contributed by atoms with Crippen molar-refractivity contribution in [3.05, 3.63) is 45.1 Å². The van der Waals surface area contributed by atoms with Gasteiger partial charge in [-0.1, -0.05) is 17.7 Å². The van der Waals surface area contributed by atoms with Crippen LogP contribution in [0, 0.1) is 6.92 Å². The fraction of sp³-hybridized carbons (Fsp3) is 0.167. The molecular weight excluding hydrogens is 320 g/mol. The first-order chi connectivity index (χ1) is 8.54. The van der Waals surface area contributed by atoms with E-state index in [0.29, 0.717) is 9.50 Å². The van der Waals surface area contributed by atoms with E-state index in [9.17, 15) is 4.79 Å². The van der Waals surface area contributed by atoms with Gasteiger partial charge in [-0.05, 0) is 41.1 Å². The molecule has 0 N–H and O–H groups in total. The van der Waals surface area contributed by atoms with Crippen molar-refractivity contribution in [1.82, 2.24) is 9.78 Å². The van der Waals surface area contributed by atoms with Crippen molar-refractivity contribution < 1.29 is 9.53 Å². The summed E-state index contributed by atoms with van der Waals surface area (Å²) in [4.78, 5) is 11.5. The Morgan fingerprint density at radius 1 is 1.50 bits per heavy atom. The highest BCUT2D eigenvalue weighted by Crippen LogP contribution is 2.25. The van der Waals surface area contributed by atoms with Crippen LogP contribution in [-0.2, 0) is 4.74 Å². The monoisotopic (exact) mass is 328 g/mol. The lowest BCUT2D eigenvalue weighted by molar-refractivity contribution is 0.0592. The number of hydrogen-bond donors (Lipinski definition) is 0. The molecule has 1 aromatic heterocycles. The third-order valence-electron chi connectivity index (χ3n) is 2.47. The lowest BCUT2D eigenvalue weighted by Gasteiger charge is -2.04. The number of methoxy groups -OCH3 is 1. The quantitative estimate of drug-likeness (QED) is 0.793. The van der Waals surface area contributed by atoms with Crippen molar-refractivity contribution in [2.75, 3.05) is 7.11 Å². The maximum absolute atomic E-state index is 11.5. The number of ether oxygens (including phenoxy) is 1. The van der Waals surface area contributed by atoms with Gasteiger partial charge in [-0.15, -0.1) is 0 Å². The van der Waals surface area contributed by atoms with Crippen LogP contribution >= 0.6 is 27.5 Å². The Hall–Kier alpha value is -1.33. The molecule has 0 spiro atoms. The molecule has 0 aliphatic rings. The normalized spacial score (nSPS) is 10.4. The predicted octanol–water partition coefficient (Wildman–Crippen LogP) is 3.38. The van der Waals surface area contributed by atoms with Gasteiger partial charge in [-0.2, -0.15) is 5.10 Å². The van der Waals surface area contributed by atoms with Crippen molar-refractivity contribution in [3.8, 4) is 5.69 Å². The summed E-state index contributed by atoms with van der Waals surface area (Å²) in [5.41, 5.74) is 1.84. The molecule has 6 heteroatoms. The molecule has 18 heavy (non-hydrogen) atoms. The number of rotatable bonds is 2. The summed E-state index contributed by atoms with van der Waals surface area (Å²) >= 11 is 9.28. The summed E-state index contributed by atoms with van der Waals surface area (Å²) in [5, 5.41) is 4.84. The zero-order chi connectivity index (χ0) is 13.3. The van der Waals surface area contributed by atoms with Gasteiger partial charge in [-0.25, -0.2) is 9.48 Å². The average molecular weight is 330 g/mol. The van der Waals surface area contributed by atoms with Gasteiger partial charge in [0.1, 0.15) is 0 Å². The first kappa shape index (κ1) is 13.1. The van der Waals surface area contributed by atoms with E-state index in [1.165, 1.54) is 7.11 Å². The van der Waals surface area contributed by atoms with Crippen LogP contribution in [0.2, 0.25) is 5.02 Å². The zero-order valence-corrected chi connectivity index (χ0v) is 12.1. The molecule has 0 saturated carbocycles. The SMILES string of the molecule is COC(=O)c1nn(-c2cccc(Cl)c2)c(C)c1Br. The third kappa shape index (κ3) is 2.28. The lowest BCUT2D eigenvalue weighted by Crippen LogP contribution is -2.04. The third-order valence-corrected chi connectivity index (χ3v) is 3.66. The number of esters is 1. The number of halogens is 2. The zero-order valence-electron chi connectivity index (χ0n) is 9.78. The Kier molecular flexibility index (Phi) is 3.73. The summed E-state index contributed by atoms with van der Waals surface area (Å²) in [6, 6.07) is 7.24. The van der Waals surface area contributed by atoms with E-state index in [1.54, 1.807) is 16.8 Å². The largest absolute Gasteiger partial charge is 0.464 e. The van der Waals surface area contributed by atoms with Crippen molar-refractivity contribution in [3.63, 3.8) is 0 Å². The maximum atomic E-state index is 11.5. The van der Waals surface area contributed by atoms with Crippen LogP contribution < -0.4 is 0 Å². The molecule has 0 saturated heterocycles. The molecule has 1 aromatic carbocycles. The Balaban J connectivity index is 2.56. The summed E-state index contributed by atoms with van der Waals surface area (Å²) in [7, 11) is 1.32. The van der Waals surface area contributed by atoms with E-state index >= 15 is 0 Å². The van der Waals surface area contributed by atoms with Crippen molar-refractivity contribution >= 4 is 33.5 Å². The van der Waals surface area contributed by atoms with Gasteiger partial charge in [0.15, 0.2) is 5.69 Å². The van der Waals surface area contributed by atoms with E-state index in [2.05, 4.69) is 25.8 Å². The topological polar surface area (TPSA) is 44.1 Å². The highest BCUT2D eigenvalue weighted by molar-refractivity contribution is 9.10. The van der Waals surface area contributed by atoms with Crippen LogP contribution in [-0.4, -0.2) is 22.9 Å². The van der Waals surface area contributed by atoms with E-state index in [-0.39, 0.29) is 5.69 Å². The van der Waals surface area contributed by atoms with E-state index < -0.39 is 5.97 Å². The molecule has 0 bridgehead atoms. The molecule has 0 unspecified atom stereocenters. The molecular formula is C12H10BrClN2O2. The average Bonchev–Trinajstić information content (AvgIpc) is 2.66. The second kappa shape index (κ2) is 5.12. The van der Waals surface area contributed by atoms with Crippen molar-refractivity contribution in [2.24, 2.45) is 0 Å². The minimum atomic E-state index is -0.481. The smallest absolute Gasteiger partial charge is 0.359 e. The maximum Gasteiger partial charge on any atom is 0.359 e. The minimum Gasteiger partial charge on any atom is -0.464 e. The second-order valence-electron chi connectivity index (χ2n) is 3.63. The number of hydrogen-bond acceptors (Lipinski definition) is 3.